The highest BCUT2D eigenvalue weighted by Gasteiger charge is 2.27. The summed E-state index contributed by atoms with van der Waals surface area (Å²) in [6.07, 6.45) is 0. The normalized spacial score (nSPS) is 15.5. The fourth-order valence-electron chi connectivity index (χ4n) is 2.86. The van der Waals surface area contributed by atoms with E-state index in [4.69, 9.17) is 9.47 Å². The maximum absolute atomic E-state index is 12.8. The molecule has 0 saturated carbocycles. The van der Waals surface area contributed by atoms with Crippen molar-refractivity contribution in [2.24, 2.45) is 0 Å². The number of morpholine rings is 1. The molecule has 144 valence electrons. The van der Waals surface area contributed by atoms with Crippen LogP contribution in [0.1, 0.15) is 27.0 Å². The van der Waals surface area contributed by atoms with E-state index in [-0.39, 0.29) is 10.5 Å². The van der Waals surface area contributed by atoms with Crippen LogP contribution in [0.5, 0.6) is 5.75 Å². The lowest BCUT2D eigenvalue weighted by Gasteiger charge is -2.26. The van der Waals surface area contributed by atoms with Crippen molar-refractivity contribution in [2.75, 3.05) is 26.3 Å². The Morgan fingerprint density at radius 3 is 2.30 bits per heavy atom. The van der Waals surface area contributed by atoms with Gasteiger partial charge in [0.1, 0.15) is 5.75 Å². The van der Waals surface area contributed by atoms with Crippen LogP contribution in [-0.4, -0.2) is 45.0 Å². The lowest BCUT2D eigenvalue weighted by atomic mass is 10.1. The highest BCUT2D eigenvalue weighted by molar-refractivity contribution is 7.89. The Labute approximate surface area is 159 Å². The Balaban J connectivity index is 1.88. The first-order chi connectivity index (χ1) is 12.8. The van der Waals surface area contributed by atoms with Crippen molar-refractivity contribution in [3.63, 3.8) is 0 Å². The average Bonchev–Trinajstić information content (AvgIpc) is 2.65. The average molecular weight is 389 g/mol. The molecule has 2 aromatic carbocycles. The number of ether oxygens (including phenoxy) is 2. The number of carbonyl (C=O) groups is 1. The molecule has 0 spiro atoms. The molecule has 2 aromatic rings. The highest BCUT2D eigenvalue weighted by Crippen LogP contribution is 2.23. The molecule has 1 heterocycles. The fourth-order valence-corrected chi connectivity index (χ4v) is 4.29. The van der Waals surface area contributed by atoms with Gasteiger partial charge in [0.2, 0.25) is 10.0 Å². The highest BCUT2D eigenvalue weighted by atomic mass is 32.2. The van der Waals surface area contributed by atoms with Gasteiger partial charge in [0.25, 0.3) is 0 Å². The van der Waals surface area contributed by atoms with E-state index < -0.39 is 16.0 Å². The van der Waals surface area contributed by atoms with Gasteiger partial charge in [-0.05, 0) is 61.7 Å². The van der Waals surface area contributed by atoms with Crippen LogP contribution in [0.25, 0.3) is 0 Å². The van der Waals surface area contributed by atoms with Gasteiger partial charge in [0.15, 0.2) is 0 Å². The van der Waals surface area contributed by atoms with Gasteiger partial charge >= 0.3 is 5.97 Å². The number of esters is 1. The summed E-state index contributed by atoms with van der Waals surface area (Å²) in [7, 11) is -3.67. The molecule has 27 heavy (non-hydrogen) atoms. The summed E-state index contributed by atoms with van der Waals surface area (Å²) in [4.78, 5) is 12.7. The molecule has 6 nitrogen and oxygen atoms in total. The number of rotatable bonds is 4. The molecule has 0 unspecified atom stereocenters. The number of hydrogen-bond donors (Lipinski definition) is 0. The summed E-state index contributed by atoms with van der Waals surface area (Å²) in [6.45, 7) is 7.01. The second-order valence-corrected chi connectivity index (χ2v) is 8.57. The largest absolute Gasteiger partial charge is 0.423 e. The molecule has 0 amide bonds. The predicted molar refractivity (Wildman–Crippen MR) is 102 cm³/mol. The third-order valence-electron chi connectivity index (χ3n) is 4.73. The van der Waals surface area contributed by atoms with E-state index in [1.165, 1.54) is 16.4 Å². The number of aryl methyl sites for hydroxylation is 3. The lowest BCUT2D eigenvalue weighted by Crippen LogP contribution is -2.40. The van der Waals surface area contributed by atoms with E-state index in [0.717, 1.165) is 11.1 Å². The van der Waals surface area contributed by atoms with E-state index in [1.807, 2.05) is 19.9 Å². The van der Waals surface area contributed by atoms with Crippen LogP contribution in [0.4, 0.5) is 0 Å². The first-order valence-corrected chi connectivity index (χ1v) is 10.2. The fraction of sp³-hybridized carbons (Fsp3) is 0.350. The van der Waals surface area contributed by atoms with Crippen LogP contribution < -0.4 is 4.74 Å². The number of nitrogens with zero attached hydrogens (tertiary/aromatic N) is 1. The molecule has 3 rings (SSSR count). The van der Waals surface area contributed by atoms with E-state index in [2.05, 4.69) is 0 Å². The molecular weight excluding hydrogens is 366 g/mol. The summed E-state index contributed by atoms with van der Waals surface area (Å²) in [5.74, 6) is -0.140. The first-order valence-electron chi connectivity index (χ1n) is 8.77. The number of hydrogen-bond acceptors (Lipinski definition) is 5. The van der Waals surface area contributed by atoms with Crippen molar-refractivity contribution in [3.8, 4) is 5.75 Å². The molecule has 0 bridgehead atoms. The zero-order valence-electron chi connectivity index (χ0n) is 15.7. The Kier molecular flexibility index (Phi) is 5.64. The molecule has 0 N–H and O–H groups in total. The van der Waals surface area contributed by atoms with Gasteiger partial charge in [-0.1, -0.05) is 12.1 Å². The summed E-state index contributed by atoms with van der Waals surface area (Å²) in [5, 5.41) is 0. The summed E-state index contributed by atoms with van der Waals surface area (Å²) in [5.41, 5.74) is 3.01. The monoisotopic (exact) mass is 389 g/mol. The van der Waals surface area contributed by atoms with Crippen LogP contribution in [0, 0.1) is 20.8 Å². The van der Waals surface area contributed by atoms with Crippen molar-refractivity contribution in [2.45, 2.75) is 25.7 Å². The Bertz CT molecular complexity index is 962. The minimum absolute atomic E-state index is 0.0852. The molecule has 0 atom stereocenters. The zero-order chi connectivity index (χ0) is 19.6. The van der Waals surface area contributed by atoms with Gasteiger partial charge in [-0.25, -0.2) is 13.2 Å². The molecular formula is C20H23NO5S. The predicted octanol–water partition coefficient (Wildman–Crippen LogP) is 2.85. The number of benzene rings is 2. The van der Waals surface area contributed by atoms with Gasteiger partial charge in [-0.3, -0.25) is 0 Å². The molecule has 0 aromatic heterocycles. The van der Waals surface area contributed by atoms with Crippen molar-refractivity contribution in [1.29, 1.82) is 0 Å². The maximum Gasteiger partial charge on any atom is 0.343 e. The van der Waals surface area contributed by atoms with Gasteiger partial charge < -0.3 is 9.47 Å². The van der Waals surface area contributed by atoms with E-state index >= 15 is 0 Å². The van der Waals surface area contributed by atoms with Crippen LogP contribution in [-0.2, 0) is 14.8 Å². The SMILES string of the molecule is Cc1ccc(OC(=O)c2cc(S(=O)(=O)N3CCOCC3)ccc2C)cc1C. The van der Waals surface area contributed by atoms with Gasteiger partial charge in [-0.15, -0.1) is 0 Å². The van der Waals surface area contributed by atoms with E-state index in [1.54, 1.807) is 25.1 Å². The Morgan fingerprint density at radius 2 is 1.63 bits per heavy atom. The van der Waals surface area contributed by atoms with E-state index in [9.17, 15) is 13.2 Å². The van der Waals surface area contributed by atoms with Gasteiger partial charge in [-0.2, -0.15) is 4.31 Å². The number of carbonyl (C=O) groups excluding carboxylic acids is 1. The molecule has 7 heteroatoms. The topological polar surface area (TPSA) is 72.9 Å². The summed E-state index contributed by atoms with van der Waals surface area (Å²) in [6, 6.07) is 9.94. The van der Waals surface area contributed by atoms with Crippen molar-refractivity contribution in [3.05, 3.63) is 58.7 Å². The summed E-state index contributed by atoms with van der Waals surface area (Å²) >= 11 is 0. The van der Waals surface area contributed by atoms with Crippen LogP contribution >= 0.6 is 0 Å². The third kappa shape index (κ3) is 4.21. The second-order valence-electron chi connectivity index (χ2n) is 6.63. The Morgan fingerprint density at radius 1 is 0.963 bits per heavy atom. The number of sulfonamides is 1. The maximum atomic E-state index is 12.8. The standard InChI is InChI=1S/C20H23NO5S/c1-14-4-6-17(12-16(14)3)26-20(22)19-13-18(7-5-15(19)2)27(23,24)21-8-10-25-11-9-21/h4-7,12-13H,8-11H2,1-3H3. The molecule has 1 saturated heterocycles. The van der Waals surface area contributed by atoms with Crippen molar-refractivity contribution >= 4 is 16.0 Å². The van der Waals surface area contributed by atoms with Crippen molar-refractivity contribution < 1.29 is 22.7 Å². The van der Waals surface area contributed by atoms with Crippen LogP contribution in [0.2, 0.25) is 0 Å². The Hall–Kier alpha value is -2.22. The molecule has 1 aliphatic heterocycles. The van der Waals surface area contributed by atoms with E-state index in [0.29, 0.717) is 37.6 Å². The minimum atomic E-state index is -3.67. The van der Waals surface area contributed by atoms with Gasteiger partial charge in [0, 0.05) is 13.1 Å². The van der Waals surface area contributed by atoms with Crippen molar-refractivity contribution in [1.82, 2.24) is 4.31 Å². The third-order valence-corrected chi connectivity index (χ3v) is 6.62. The molecule has 0 radical (unpaired) electrons. The van der Waals surface area contributed by atoms with Crippen LogP contribution in [0.3, 0.4) is 0 Å². The molecule has 1 fully saturated rings. The van der Waals surface area contributed by atoms with Gasteiger partial charge in [0.05, 0.1) is 23.7 Å². The molecule has 1 aliphatic rings. The molecule has 0 aliphatic carbocycles. The van der Waals surface area contributed by atoms with Crippen LogP contribution in [0.15, 0.2) is 41.3 Å². The smallest absolute Gasteiger partial charge is 0.343 e. The zero-order valence-corrected chi connectivity index (χ0v) is 16.5. The second kappa shape index (κ2) is 7.80. The summed E-state index contributed by atoms with van der Waals surface area (Å²) < 4.78 is 37.7. The minimum Gasteiger partial charge on any atom is -0.423 e. The first kappa shape index (κ1) is 19.5. The lowest BCUT2D eigenvalue weighted by molar-refractivity contribution is 0.0727. The quantitative estimate of drug-likeness (QED) is 0.594.